The quantitative estimate of drug-likeness (QED) is 0.719. The molecule has 1 heterocycles. The van der Waals surface area contributed by atoms with Gasteiger partial charge < -0.3 is 9.57 Å². The van der Waals surface area contributed by atoms with Gasteiger partial charge in [0.1, 0.15) is 0 Å². The summed E-state index contributed by atoms with van der Waals surface area (Å²) < 4.78 is 29.6. The highest BCUT2D eigenvalue weighted by molar-refractivity contribution is 5.94. The Morgan fingerprint density at radius 1 is 1.65 bits per heavy atom. The Morgan fingerprint density at radius 2 is 2.24 bits per heavy atom. The van der Waals surface area contributed by atoms with Crippen LogP contribution in [0.25, 0.3) is 0 Å². The van der Waals surface area contributed by atoms with Crippen molar-refractivity contribution in [1.82, 2.24) is 0 Å². The summed E-state index contributed by atoms with van der Waals surface area (Å²) in [6.07, 6.45) is 0.277. The maximum Gasteiger partial charge on any atom is 0.353 e. The van der Waals surface area contributed by atoms with Crippen molar-refractivity contribution in [3.63, 3.8) is 0 Å². The summed E-state index contributed by atoms with van der Waals surface area (Å²) in [6, 6.07) is 0. The molecule has 0 fully saturated rings. The molecule has 1 rings (SSSR count). The Hall–Kier alpha value is -1.20. The number of carbonyl (C=O) groups excluding carboxylic acids is 1. The van der Waals surface area contributed by atoms with Crippen molar-refractivity contribution < 1.29 is 23.1 Å². The van der Waals surface area contributed by atoms with Crippen molar-refractivity contribution in [2.75, 3.05) is 6.61 Å². The van der Waals surface area contributed by atoms with Gasteiger partial charge in [0, 0.05) is 13.3 Å². The number of esters is 1. The highest BCUT2D eigenvalue weighted by Crippen LogP contribution is 2.28. The minimum Gasteiger partial charge on any atom is -0.456 e. The maximum atomic E-state index is 12.6. The lowest BCUT2D eigenvalue weighted by molar-refractivity contribution is -0.176. The summed E-state index contributed by atoms with van der Waals surface area (Å²) in [4.78, 5) is 16.6. The number of hydrogen-bond acceptors (Lipinski definition) is 4. The highest BCUT2D eigenvalue weighted by Gasteiger charge is 2.44. The van der Waals surface area contributed by atoms with E-state index in [9.17, 15) is 13.6 Å². The van der Waals surface area contributed by atoms with Crippen LogP contribution >= 0.6 is 0 Å². The van der Waals surface area contributed by atoms with E-state index in [0.29, 0.717) is 6.92 Å². The second-order valence-electron chi connectivity index (χ2n) is 4.88. The second-order valence-corrected chi connectivity index (χ2v) is 4.88. The molecule has 1 atom stereocenters. The van der Waals surface area contributed by atoms with E-state index in [1.807, 2.05) is 13.8 Å². The van der Waals surface area contributed by atoms with Gasteiger partial charge in [-0.1, -0.05) is 19.0 Å². The number of rotatable bonds is 4. The molecule has 0 radical (unpaired) electrons. The van der Waals surface area contributed by atoms with Gasteiger partial charge in [-0.05, 0) is 12.8 Å². The zero-order valence-electron chi connectivity index (χ0n) is 10.4. The first kappa shape index (κ1) is 13.9. The molecule has 98 valence electrons. The summed E-state index contributed by atoms with van der Waals surface area (Å²) in [5.41, 5.74) is -0.544. The van der Waals surface area contributed by atoms with E-state index in [1.54, 1.807) is 0 Å². The summed E-state index contributed by atoms with van der Waals surface area (Å²) in [5, 5.41) is 3.78. The smallest absolute Gasteiger partial charge is 0.353 e. The molecular formula is C11H17F2NO3. The van der Waals surface area contributed by atoms with Crippen molar-refractivity contribution in [1.29, 1.82) is 0 Å². The van der Waals surface area contributed by atoms with E-state index >= 15 is 0 Å². The molecule has 17 heavy (non-hydrogen) atoms. The van der Waals surface area contributed by atoms with Gasteiger partial charge in [-0.3, -0.25) is 0 Å². The first-order valence-electron chi connectivity index (χ1n) is 5.44. The van der Waals surface area contributed by atoms with Crippen LogP contribution in [0.15, 0.2) is 5.16 Å². The molecule has 0 aliphatic carbocycles. The molecule has 0 saturated carbocycles. The lowest BCUT2D eigenvalue weighted by Gasteiger charge is -2.20. The number of hydrogen-bond donors (Lipinski definition) is 0. The summed E-state index contributed by atoms with van der Waals surface area (Å²) in [5.74, 6) is -3.69. The molecular weight excluding hydrogens is 232 g/mol. The van der Waals surface area contributed by atoms with Crippen LogP contribution in [0, 0.1) is 5.92 Å². The number of ether oxygens (including phenoxy) is 1. The SMILES string of the molecule is CC(C)C1=NOC(C)(C(=O)OCC(C)(F)F)C1. The van der Waals surface area contributed by atoms with Crippen molar-refractivity contribution >= 4 is 11.7 Å². The van der Waals surface area contributed by atoms with Gasteiger partial charge in [0.25, 0.3) is 5.92 Å². The van der Waals surface area contributed by atoms with Gasteiger partial charge in [-0.15, -0.1) is 0 Å². The molecule has 1 aliphatic heterocycles. The maximum absolute atomic E-state index is 12.6. The van der Waals surface area contributed by atoms with Gasteiger partial charge in [0.2, 0.25) is 5.60 Å². The fourth-order valence-corrected chi connectivity index (χ4v) is 1.33. The van der Waals surface area contributed by atoms with E-state index in [1.165, 1.54) is 6.92 Å². The van der Waals surface area contributed by atoms with Crippen molar-refractivity contribution in [3.8, 4) is 0 Å². The summed E-state index contributed by atoms with van der Waals surface area (Å²) in [7, 11) is 0. The average Bonchev–Trinajstić information content (AvgIpc) is 2.57. The molecule has 0 saturated heterocycles. The van der Waals surface area contributed by atoms with Crippen molar-refractivity contribution in [2.45, 2.75) is 45.6 Å². The first-order chi connectivity index (χ1) is 7.64. The summed E-state index contributed by atoms with van der Waals surface area (Å²) in [6.45, 7) is 5.07. The van der Waals surface area contributed by atoms with Gasteiger partial charge in [-0.2, -0.15) is 0 Å². The van der Waals surface area contributed by atoms with Crippen LogP contribution < -0.4 is 0 Å². The van der Waals surface area contributed by atoms with Crippen LogP contribution in [0.1, 0.15) is 34.1 Å². The van der Waals surface area contributed by atoms with E-state index in [-0.39, 0.29) is 12.3 Å². The monoisotopic (exact) mass is 249 g/mol. The molecule has 0 aromatic rings. The van der Waals surface area contributed by atoms with Gasteiger partial charge in [-0.25, -0.2) is 13.6 Å². The van der Waals surface area contributed by atoms with Crippen LogP contribution in [0.2, 0.25) is 0 Å². The zero-order chi connectivity index (χ0) is 13.3. The molecule has 0 spiro atoms. The largest absolute Gasteiger partial charge is 0.456 e. The minimum absolute atomic E-state index is 0.150. The normalized spacial score (nSPS) is 24.5. The molecule has 0 bridgehead atoms. The molecule has 6 heteroatoms. The van der Waals surface area contributed by atoms with E-state index in [4.69, 9.17) is 4.84 Å². The highest BCUT2D eigenvalue weighted by atomic mass is 19.3. The standard InChI is InChI=1S/C11H17F2NO3/c1-7(2)8-5-10(3,17-14-8)9(15)16-6-11(4,12)13/h7H,5-6H2,1-4H3. The molecule has 1 aliphatic rings. The third-order valence-electron chi connectivity index (χ3n) is 2.44. The molecule has 1 unspecified atom stereocenters. The van der Waals surface area contributed by atoms with Crippen LogP contribution in [0.5, 0.6) is 0 Å². The zero-order valence-corrected chi connectivity index (χ0v) is 10.4. The van der Waals surface area contributed by atoms with Crippen LogP contribution in [0.4, 0.5) is 8.78 Å². The second kappa shape index (κ2) is 4.58. The van der Waals surface area contributed by atoms with Crippen LogP contribution in [-0.2, 0) is 14.4 Å². The number of oxime groups is 1. The molecule has 0 N–H and O–H groups in total. The predicted octanol–water partition coefficient (Wildman–Crippen LogP) is 2.38. The first-order valence-corrected chi connectivity index (χ1v) is 5.44. The Balaban J connectivity index is 2.54. The Morgan fingerprint density at radius 3 is 2.65 bits per heavy atom. The number of nitrogens with zero attached hydrogens (tertiary/aromatic N) is 1. The van der Waals surface area contributed by atoms with E-state index in [0.717, 1.165) is 5.71 Å². The number of halogens is 2. The molecule has 0 amide bonds. The topological polar surface area (TPSA) is 47.9 Å². The third kappa shape index (κ3) is 3.64. The molecule has 0 aromatic heterocycles. The minimum atomic E-state index is -3.04. The lowest BCUT2D eigenvalue weighted by Crippen LogP contribution is -2.39. The van der Waals surface area contributed by atoms with Gasteiger partial charge in [0.15, 0.2) is 6.61 Å². The fourth-order valence-electron chi connectivity index (χ4n) is 1.33. The van der Waals surface area contributed by atoms with Gasteiger partial charge >= 0.3 is 5.97 Å². The summed E-state index contributed by atoms with van der Waals surface area (Å²) >= 11 is 0. The van der Waals surface area contributed by atoms with E-state index < -0.39 is 24.1 Å². The Labute approximate surface area is 99.0 Å². The fraction of sp³-hybridized carbons (Fsp3) is 0.818. The Bertz CT molecular complexity index is 336. The van der Waals surface area contributed by atoms with E-state index in [2.05, 4.69) is 9.89 Å². The lowest BCUT2D eigenvalue weighted by atomic mass is 9.94. The van der Waals surface area contributed by atoms with Crippen LogP contribution in [-0.4, -0.2) is 29.8 Å². The Kier molecular flexibility index (Phi) is 3.74. The average molecular weight is 249 g/mol. The molecule has 4 nitrogen and oxygen atoms in total. The predicted molar refractivity (Wildman–Crippen MR) is 58.0 cm³/mol. The van der Waals surface area contributed by atoms with Crippen LogP contribution in [0.3, 0.4) is 0 Å². The van der Waals surface area contributed by atoms with Crippen molar-refractivity contribution in [3.05, 3.63) is 0 Å². The van der Waals surface area contributed by atoms with Gasteiger partial charge in [0.05, 0.1) is 5.71 Å². The third-order valence-corrected chi connectivity index (χ3v) is 2.44. The molecule has 0 aromatic carbocycles. The number of carbonyl (C=O) groups is 1. The number of alkyl halides is 2. The van der Waals surface area contributed by atoms with Crippen molar-refractivity contribution in [2.24, 2.45) is 11.1 Å².